The highest BCUT2D eigenvalue weighted by Gasteiger charge is 2.18. The molecule has 0 bridgehead atoms. The minimum atomic E-state index is -0.0943. The maximum atomic E-state index is 13.2. The number of amides is 1. The molecule has 0 radical (unpaired) electrons. The molecule has 0 unspecified atom stereocenters. The Morgan fingerprint density at radius 3 is 2.29 bits per heavy atom. The Balaban J connectivity index is 1.32. The van der Waals surface area contributed by atoms with E-state index in [1.165, 1.54) is 22.3 Å². The number of fused-ring (bicyclic) bond motifs is 1. The van der Waals surface area contributed by atoms with Crippen molar-refractivity contribution < 1.29 is 4.79 Å². The fourth-order valence-electron chi connectivity index (χ4n) is 4.85. The number of carbonyl (C=O) groups is 1. The van der Waals surface area contributed by atoms with E-state index < -0.39 is 0 Å². The molecule has 4 aromatic carbocycles. The molecule has 192 valence electrons. The van der Waals surface area contributed by atoms with Gasteiger partial charge in [0.05, 0.1) is 23.8 Å². The summed E-state index contributed by atoms with van der Waals surface area (Å²) in [4.78, 5) is 13.2. The molecule has 38 heavy (non-hydrogen) atoms. The van der Waals surface area contributed by atoms with Crippen LogP contribution in [-0.2, 0) is 12.0 Å². The second kappa shape index (κ2) is 10.3. The molecule has 1 amide bonds. The Hall–Kier alpha value is -4.18. The SMILES string of the molecule is Cc1nn(Cc2ccc(-c3ccccc3)cc2)c2ccc(C(=O)N[C@@H](C)c3cccc(C(C)(C)C)c3)cc12. The normalized spacial score (nSPS) is 12.4. The minimum absolute atomic E-state index is 0.0619. The van der Waals surface area contributed by atoms with Gasteiger partial charge in [-0.2, -0.15) is 5.10 Å². The standard InChI is InChI=1S/C34H35N3O/c1-23(28-12-9-13-30(20-28)34(3,4)5)35-33(38)29-18-19-32-31(21-29)24(2)36-37(32)22-25-14-16-27(17-15-25)26-10-7-6-8-11-26/h6-21,23H,22H2,1-5H3,(H,35,38)/t23-/m0/s1. The van der Waals surface area contributed by atoms with Gasteiger partial charge >= 0.3 is 0 Å². The number of aryl methyl sites for hydroxylation is 1. The first-order chi connectivity index (χ1) is 18.2. The second-order valence-corrected chi connectivity index (χ2v) is 11.1. The summed E-state index contributed by atoms with van der Waals surface area (Å²) in [5.41, 5.74) is 8.61. The maximum absolute atomic E-state index is 13.2. The zero-order valence-corrected chi connectivity index (χ0v) is 22.8. The summed E-state index contributed by atoms with van der Waals surface area (Å²) < 4.78 is 2.02. The molecule has 1 heterocycles. The van der Waals surface area contributed by atoms with Crippen molar-refractivity contribution in [3.63, 3.8) is 0 Å². The Labute approximate surface area is 225 Å². The smallest absolute Gasteiger partial charge is 0.251 e. The van der Waals surface area contributed by atoms with Gasteiger partial charge in [0.25, 0.3) is 5.91 Å². The lowest BCUT2D eigenvalue weighted by Crippen LogP contribution is -2.27. The van der Waals surface area contributed by atoms with Gasteiger partial charge in [-0.25, -0.2) is 0 Å². The van der Waals surface area contributed by atoms with Crippen molar-refractivity contribution in [2.75, 3.05) is 0 Å². The lowest BCUT2D eigenvalue weighted by Gasteiger charge is -2.22. The molecular formula is C34H35N3O. The topological polar surface area (TPSA) is 46.9 Å². The summed E-state index contributed by atoms with van der Waals surface area (Å²) in [6.07, 6.45) is 0. The van der Waals surface area contributed by atoms with Crippen LogP contribution < -0.4 is 5.32 Å². The highest BCUT2D eigenvalue weighted by atomic mass is 16.1. The molecule has 1 aromatic heterocycles. The number of rotatable bonds is 6. The van der Waals surface area contributed by atoms with E-state index in [4.69, 9.17) is 5.10 Å². The van der Waals surface area contributed by atoms with Crippen molar-refractivity contribution in [3.05, 3.63) is 125 Å². The second-order valence-electron chi connectivity index (χ2n) is 11.1. The highest BCUT2D eigenvalue weighted by Crippen LogP contribution is 2.26. The first-order valence-corrected chi connectivity index (χ1v) is 13.2. The van der Waals surface area contributed by atoms with Crippen LogP contribution in [0.5, 0.6) is 0 Å². The van der Waals surface area contributed by atoms with E-state index in [0.717, 1.165) is 22.2 Å². The van der Waals surface area contributed by atoms with Crippen LogP contribution in [0.4, 0.5) is 0 Å². The van der Waals surface area contributed by atoms with Gasteiger partial charge in [0.2, 0.25) is 0 Å². The zero-order valence-electron chi connectivity index (χ0n) is 22.8. The van der Waals surface area contributed by atoms with Crippen LogP contribution in [0.1, 0.15) is 66.5 Å². The van der Waals surface area contributed by atoms with Crippen LogP contribution in [-0.4, -0.2) is 15.7 Å². The molecule has 4 heteroatoms. The van der Waals surface area contributed by atoms with Crippen molar-refractivity contribution in [2.45, 2.75) is 52.6 Å². The Morgan fingerprint density at radius 1 is 0.868 bits per heavy atom. The third-order valence-electron chi connectivity index (χ3n) is 7.19. The largest absolute Gasteiger partial charge is 0.346 e. The van der Waals surface area contributed by atoms with E-state index in [9.17, 15) is 4.79 Å². The van der Waals surface area contributed by atoms with E-state index in [1.54, 1.807) is 0 Å². The predicted octanol–water partition coefficient (Wildman–Crippen LogP) is 7.85. The van der Waals surface area contributed by atoms with Gasteiger partial charge in [0.1, 0.15) is 0 Å². The fraction of sp³-hybridized carbons (Fsp3) is 0.235. The van der Waals surface area contributed by atoms with Gasteiger partial charge in [0, 0.05) is 10.9 Å². The Kier molecular flexibility index (Phi) is 6.90. The molecule has 1 atom stereocenters. The molecular weight excluding hydrogens is 466 g/mol. The molecule has 0 saturated carbocycles. The summed E-state index contributed by atoms with van der Waals surface area (Å²) in [5, 5.41) is 8.97. The minimum Gasteiger partial charge on any atom is -0.346 e. The summed E-state index contributed by atoms with van der Waals surface area (Å²) in [6, 6.07) is 33.3. The van der Waals surface area contributed by atoms with Crippen molar-refractivity contribution in [2.24, 2.45) is 0 Å². The number of carbonyl (C=O) groups excluding carboxylic acids is 1. The molecule has 5 aromatic rings. The van der Waals surface area contributed by atoms with E-state index in [-0.39, 0.29) is 17.4 Å². The zero-order chi connectivity index (χ0) is 26.9. The van der Waals surface area contributed by atoms with Gasteiger partial charge in [-0.05, 0) is 65.3 Å². The summed E-state index contributed by atoms with van der Waals surface area (Å²) in [5.74, 6) is -0.0794. The quantitative estimate of drug-likeness (QED) is 0.257. The first kappa shape index (κ1) is 25.5. The predicted molar refractivity (Wildman–Crippen MR) is 156 cm³/mol. The van der Waals surface area contributed by atoms with Crippen molar-refractivity contribution in [1.29, 1.82) is 0 Å². The van der Waals surface area contributed by atoms with Crippen LogP contribution in [0.2, 0.25) is 0 Å². The number of nitrogens with zero attached hydrogens (tertiary/aromatic N) is 2. The van der Waals surface area contributed by atoms with Crippen LogP contribution >= 0.6 is 0 Å². The highest BCUT2D eigenvalue weighted by molar-refractivity contribution is 5.98. The van der Waals surface area contributed by atoms with E-state index >= 15 is 0 Å². The van der Waals surface area contributed by atoms with Gasteiger partial charge < -0.3 is 5.32 Å². The number of hydrogen-bond donors (Lipinski definition) is 1. The van der Waals surface area contributed by atoms with Crippen LogP contribution in [0.15, 0.2) is 97.1 Å². The number of nitrogens with one attached hydrogen (secondary N) is 1. The van der Waals surface area contributed by atoms with E-state index in [2.05, 4.69) is 98.9 Å². The molecule has 0 aliphatic carbocycles. The van der Waals surface area contributed by atoms with Gasteiger partial charge in [0.15, 0.2) is 0 Å². The molecule has 4 nitrogen and oxygen atoms in total. The van der Waals surface area contributed by atoms with Crippen LogP contribution in [0, 0.1) is 6.92 Å². The number of hydrogen-bond acceptors (Lipinski definition) is 2. The molecule has 0 spiro atoms. The summed E-state index contributed by atoms with van der Waals surface area (Å²) in [7, 11) is 0. The lowest BCUT2D eigenvalue weighted by atomic mass is 9.85. The molecule has 1 N–H and O–H groups in total. The number of benzene rings is 4. The third-order valence-corrected chi connectivity index (χ3v) is 7.19. The fourth-order valence-corrected chi connectivity index (χ4v) is 4.85. The summed E-state index contributed by atoms with van der Waals surface area (Å²) >= 11 is 0. The van der Waals surface area contributed by atoms with Crippen molar-refractivity contribution >= 4 is 16.8 Å². The molecule has 0 aliphatic rings. The Bertz CT molecular complexity index is 1570. The monoisotopic (exact) mass is 501 g/mol. The summed E-state index contributed by atoms with van der Waals surface area (Å²) in [6.45, 7) is 11.3. The van der Waals surface area contributed by atoms with Gasteiger partial charge in [-0.1, -0.05) is 99.6 Å². The average Bonchev–Trinajstić information content (AvgIpc) is 3.23. The molecule has 0 fully saturated rings. The third kappa shape index (κ3) is 5.40. The van der Waals surface area contributed by atoms with Crippen LogP contribution in [0.3, 0.4) is 0 Å². The van der Waals surface area contributed by atoms with E-state index in [0.29, 0.717) is 12.1 Å². The first-order valence-electron chi connectivity index (χ1n) is 13.2. The van der Waals surface area contributed by atoms with E-state index in [1.807, 2.05) is 42.8 Å². The average molecular weight is 502 g/mol. The van der Waals surface area contributed by atoms with Gasteiger partial charge in [-0.3, -0.25) is 9.48 Å². The molecule has 0 aliphatic heterocycles. The van der Waals surface area contributed by atoms with Gasteiger partial charge in [-0.15, -0.1) is 0 Å². The number of aromatic nitrogens is 2. The Morgan fingerprint density at radius 2 is 1.58 bits per heavy atom. The van der Waals surface area contributed by atoms with Crippen LogP contribution in [0.25, 0.3) is 22.0 Å². The van der Waals surface area contributed by atoms with Crippen molar-refractivity contribution in [3.8, 4) is 11.1 Å². The molecule has 5 rings (SSSR count). The van der Waals surface area contributed by atoms with Crippen molar-refractivity contribution in [1.82, 2.24) is 15.1 Å². The lowest BCUT2D eigenvalue weighted by molar-refractivity contribution is 0.0940. The molecule has 0 saturated heterocycles. The maximum Gasteiger partial charge on any atom is 0.251 e.